The quantitative estimate of drug-likeness (QED) is 0.269. The van der Waals surface area contributed by atoms with Crippen LogP contribution in [-0.2, 0) is 4.74 Å². The Balaban J connectivity index is 1.71. The molecule has 2 aromatic heterocycles. The highest BCUT2D eigenvalue weighted by Gasteiger charge is 2.27. The predicted molar refractivity (Wildman–Crippen MR) is 145 cm³/mol. The lowest BCUT2D eigenvalue weighted by molar-refractivity contribution is -0.116. The molecule has 36 heavy (non-hydrogen) atoms. The standard InChI is InChI=1S/C26H41N9O/c1-4-36-15-11-30-24-23(21(27)18-34-12-6-5-7-13-34)32-26(35-14-10-28-20(3)17-35)33-25(24)31-22-16-19(2)8-9-29-22/h8-9,16,20,27-28,30H,4-7,10-15,17-18H2,1-3H3,(H,29,31,32,33)/p+1/t20-/m1/s1. The smallest absolute Gasteiger partial charge is 0.228 e. The first-order valence-electron chi connectivity index (χ1n) is 13.3. The molecule has 0 radical (unpaired) electrons. The second kappa shape index (κ2) is 12.9. The van der Waals surface area contributed by atoms with Crippen molar-refractivity contribution in [2.24, 2.45) is 0 Å². The Morgan fingerprint density at radius 3 is 2.81 bits per heavy atom. The Morgan fingerprint density at radius 1 is 1.22 bits per heavy atom. The first-order chi connectivity index (χ1) is 17.5. The van der Waals surface area contributed by atoms with Crippen LogP contribution < -0.4 is 26.3 Å². The van der Waals surface area contributed by atoms with Crippen molar-refractivity contribution in [1.29, 1.82) is 0 Å². The van der Waals surface area contributed by atoms with Crippen LogP contribution in [0, 0.1) is 6.92 Å². The molecule has 5 N–H and O–H groups in total. The molecule has 0 bridgehead atoms. The molecule has 196 valence electrons. The van der Waals surface area contributed by atoms with Crippen molar-refractivity contribution in [3.8, 4) is 0 Å². The molecule has 2 aromatic rings. The summed E-state index contributed by atoms with van der Waals surface area (Å²) in [5.74, 6) is 2.10. The normalized spacial score (nSPS) is 18.8. The zero-order valence-corrected chi connectivity index (χ0v) is 22.0. The van der Waals surface area contributed by atoms with Gasteiger partial charge in [0.05, 0.1) is 13.2 Å². The molecule has 0 aliphatic carbocycles. The Hall–Kier alpha value is -2.82. The molecule has 2 aliphatic heterocycles. The van der Waals surface area contributed by atoms with E-state index in [-0.39, 0.29) is 0 Å². The lowest BCUT2D eigenvalue weighted by atomic mass is 10.1. The summed E-state index contributed by atoms with van der Waals surface area (Å²) < 4.78 is 5.58. The summed E-state index contributed by atoms with van der Waals surface area (Å²) in [4.78, 5) is 19.2. The van der Waals surface area contributed by atoms with Gasteiger partial charge in [-0.15, -0.1) is 0 Å². The van der Waals surface area contributed by atoms with Gasteiger partial charge in [0.25, 0.3) is 0 Å². The zero-order chi connectivity index (χ0) is 25.3. The molecular formula is C26H42N9O+. The van der Waals surface area contributed by atoms with Gasteiger partial charge in [-0.2, -0.15) is 4.98 Å². The largest absolute Gasteiger partial charge is 0.380 e. The number of nitrogens with two attached hydrogens (primary N) is 1. The van der Waals surface area contributed by atoms with E-state index in [1.165, 1.54) is 19.3 Å². The summed E-state index contributed by atoms with van der Waals surface area (Å²) in [5, 5.41) is 17.3. The second-order valence-corrected chi connectivity index (χ2v) is 9.73. The Kier molecular flexibility index (Phi) is 9.43. The molecule has 0 aromatic carbocycles. The van der Waals surface area contributed by atoms with Crippen molar-refractivity contribution >= 4 is 29.0 Å². The number of piperazine rings is 1. The number of pyridine rings is 1. The summed E-state index contributed by atoms with van der Waals surface area (Å²) in [5.41, 5.74) is 3.42. The minimum atomic E-state index is 0.360. The highest BCUT2D eigenvalue weighted by Crippen LogP contribution is 2.29. The maximum Gasteiger partial charge on any atom is 0.228 e. The molecule has 1 atom stereocenters. The average Bonchev–Trinajstić information content (AvgIpc) is 2.87. The third-order valence-electron chi connectivity index (χ3n) is 6.61. The number of anilines is 4. The summed E-state index contributed by atoms with van der Waals surface area (Å²) in [6, 6.07) is 4.36. The fourth-order valence-electron chi connectivity index (χ4n) is 4.75. The van der Waals surface area contributed by atoms with E-state index in [4.69, 9.17) is 20.1 Å². The Bertz CT molecular complexity index is 1010. The number of ether oxygens (including phenoxy) is 1. The number of piperidine rings is 1. The van der Waals surface area contributed by atoms with Crippen molar-refractivity contribution in [2.45, 2.75) is 46.1 Å². The van der Waals surface area contributed by atoms with Crippen LogP contribution in [-0.4, -0.2) is 90.6 Å². The number of nitrogens with one attached hydrogen (secondary N) is 3. The van der Waals surface area contributed by atoms with Gasteiger partial charge in [-0.3, -0.25) is 10.3 Å². The van der Waals surface area contributed by atoms with Gasteiger partial charge in [0.15, 0.2) is 11.5 Å². The van der Waals surface area contributed by atoms with E-state index in [2.05, 4.69) is 44.6 Å². The summed E-state index contributed by atoms with van der Waals surface area (Å²) in [6.07, 6.45) is 5.52. The number of aromatic nitrogens is 3. The number of rotatable bonds is 11. The van der Waals surface area contributed by atoms with Gasteiger partial charge >= 0.3 is 0 Å². The van der Waals surface area contributed by atoms with Crippen molar-refractivity contribution < 1.29 is 10.1 Å². The number of hydrogen-bond acceptors (Lipinski definition) is 9. The summed E-state index contributed by atoms with van der Waals surface area (Å²) in [6.45, 7) is 13.5. The van der Waals surface area contributed by atoms with Crippen LogP contribution in [0.3, 0.4) is 0 Å². The second-order valence-electron chi connectivity index (χ2n) is 9.73. The van der Waals surface area contributed by atoms with Crippen molar-refractivity contribution in [3.63, 3.8) is 0 Å². The first kappa shape index (κ1) is 26.2. The summed E-state index contributed by atoms with van der Waals surface area (Å²) >= 11 is 0. The molecule has 0 amide bonds. The number of hydrogen-bond donors (Lipinski definition) is 4. The van der Waals surface area contributed by atoms with E-state index >= 15 is 0 Å². The minimum Gasteiger partial charge on any atom is -0.380 e. The molecule has 4 heterocycles. The fraction of sp³-hybridized carbons (Fsp3) is 0.615. The number of aryl methyl sites for hydroxylation is 1. The van der Waals surface area contributed by atoms with E-state index in [9.17, 15) is 0 Å². The number of likely N-dealkylation sites (tertiary alicyclic amines) is 1. The highest BCUT2D eigenvalue weighted by molar-refractivity contribution is 6.03. The van der Waals surface area contributed by atoms with Crippen LogP contribution in [0.2, 0.25) is 0 Å². The molecule has 4 rings (SSSR count). The lowest BCUT2D eigenvalue weighted by Gasteiger charge is -2.32. The third-order valence-corrected chi connectivity index (χ3v) is 6.61. The van der Waals surface area contributed by atoms with Crippen LogP contribution in [0.1, 0.15) is 44.4 Å². The molecule has 10 nitrogen and oxygen atoms in total. The van der Waals surface area contributed by atoms with Crippen LogP contribution in [0.25, 0.3) is 0 Å². The predicted octanol–water partition coefficient (Wildman–Crippen LogP) is 1.20. The van der Waals surface area contributed by atoms with Gasteiger partial charge in [-0.05, 0) is 64.4 Å². The lowest BCUT2D eigenvalue weighted by Crippen LogP contribution is -2.51. The monoisotopic (exact) mass is 496 g/mol. The first-order valence-corrected chi connectivity index (χ1v) is 13.3. The highest BCUT2D eigenvalue weighted by atomic mass is 16.5. The van der Waals surface area contributed by atoms with E-state index in [0.29, 0.717) is 44.1 Å². The van der Waals surface area contributed by atoms with E-state index in [1.54, 1.807) is 6.20 Å². The van der Waals surface area contributed by atoms with Gasteiger partial charge in [0, 0.05) is 45.0 Å². The molecular weight excluding hydrogens is 454 g/mol. The van der Waals surface area contributed by atoms with Gasteiger partial charge in [0.1, 0.15) is 11.5 Å². The summed E-state index contributed by atoms with van der Waals surface area (Å²) in [7, 11) is 0. The SMILES string of the molecule is CCOCCNc1c(Nc2cc(C)ccn2)nc(N2CCN[C@H](C)C2)nc1C(=[NH2+])CN1CCCCC1. The topological polar surface area (TPSA) is 116 Å². The molecule has 2 fully saturated rings. The maximum absolute atomic E-state index is 6.81. The molecule has 10 heteroatoms. The van der Waals surface area contributed by atoms with E-state index in [1.807, 2.05) is 19.1 Å². The third kappa shape index (κ3) is 7.11. The molecule has 0 saturated carbocycles. The Labute approximate surface area is 214 Å². The minimum absolute atomic E-state index is 0.360. The van der Waals surface area contributed by atoms with Crippen LogP contribution in [0.5, 0.6) is 0 Å². The van der Waals surface area contributed by atoms with Crippen LogP contribution >= 0.6 is 0 Å². The van der Waals surface area contributed by atoms with Crippen molar-refractivity contribution in [3.05, 3.63) is 29.6 Å². The van der Waals surface area contributed by atoms with Gasteiger partial charge < -0.3 is 25.6 Å². The van der Waals surface area contributed by atoms with Crippen LogP contribution in [0.15, 0.2) is 18.3 Å². The maximum atomic E-state index is 6.81. The van der Waals surface area contributed by atoms with E-state index in [0.717, 1.165) is 61.2 Å². The molecule has 2 aliphatic rings. The average molecular weight is 497 g/mol. The van der Waals surface area contributed by atoms with Gasteiger partial charge in [-0.1, -0.05) is 6.42 Å². The Morgan fingerprint density at radius 2 is 2.06 bits per heavy atom. The van der Waals surface area contributed by atoms with Crippen molar-refractivity contribution in [2.75, 3.05) is 74.6 Å². The van der Waals surface area contributed by atoms with Gasteiger partial charge in [-0.25, -0.2) is 9.97 Å². The van der Waals surface area contributed by atoms with Crippen molar-refractivity contribution in [1.82, 2.24) is 25.2 Å². The van der Waals surface area contributed by atoms with Gasteiger partial charge in [0.2, 0.25) is 11.7 Å². The van der Waals surface area contributed by atoms with E-state index < -0.39 is 0 Å². The number of nitrogens with zero attached hydrogens (tertiary/aromatic N) is 5. The zero-order valence-electron chi connectivity index (χ0n) is 22.0. The fourth-order valence-corrected chi connectivity index (χ4v) is 4.75. The molecule has 0 spiro atoms. The molecule has 2 saturated heterocycles. The molecule has 0 unspecified atom stereocenters. The van der Waals surface area contributed by atoms with Crippen LogP contribution in [0.4, 0.5) is 23.3 Å².